The first kappa shape index (κ1) is 13.4. The van der Waals surface area contributed by atoms with Crippen molar-refractivity contribution >= 4 is 5.95 Å². The molecule has 0 spiro atoms. The maximum atomic E-state index is 4.38. The van der Waals surface area contributed by atoms with Gasteiger partial charge in [-0.25, -0.2) is 4.98 Å². The summed E-state index contributed by atoms with van der Waals surface area (Å²) in [5, 5.41) is 3.39. The highest BCUT2D eigenvalue weighted by atomic mass is 15.2. The van der Waals surface area contributed by atoms with E-state index >= 15 is 0 Å². The van der Waals surface area contributed by atoms with Crippen molar-refractivity contribution in [2.75, 3.05) is 11.9 Å². The minimum Gasteiger partial charge on any atom is -0.356 e. The van der Waals surface area contributed by atoms with E-state index in [4.69, 9.17) is 0 Å². The molecule has 1 aliphatic carbocycles. The van der Waals surface area contributed by atoms with Crippen molar-refractivity contribution in [1.82, 2.24) is 9.55 Å². The lowest BCUT2D eigenvalue weighted by molar-refractivity contribution is 0.261. The lowest BCUT2D eigenvalue weighted by Crippen LogP contribution is -2.16. The van der Waals surface area contributed by atoms with Crippen LogP contribution in [0.15, 0.2) is 12.4 Å². The first-order valence-corrected chi connectivity index (χ1v) is 7.54. The highest BCUT2D eigenvalue weighted by Gasteiger charge is 2.18. The number of aromatic nitrogens is 2. The van der Waals surface area contributed by atoms with Crippen LogP contribution in [0.5, 0.6) is 0 Å². The van der Waals surface area contributed by atoms with Crippen molar-refractivity contribution in [1.29, 1.82) is 0 Å². The van der Waals surface area contributed by atoms with Crippen LogP contribution in [0.4, 0.5) is 5.95 Å². The Morgan fingerprint density at radius 2 is 2.33 bits per heavy atom. The molecular formula is C15H27N3. The molecule has 2 rings (SSSR count). The third-order valence-electron chi connectivity index (χ3n) is 4.07. The summed E-state index contributed by atoms with van der Waals surface area (Å²) in [6, 6.07) is 0. The van der Waals surface area contributed by atoms with Gasteiger partial charge in [-0.1, -0.05) is 33.1 Å². The summed E-state index contributed by atoms with van der Waals surface area (Å²) in [7, 11) is 0. The van der Waals surface area contributed by atoms with Crippen LogP contribution < -0.4 is 5.32 Å². The maximum Gasteiger partial charge on any atom is 0.202 e. The molecule has 3 heteroatoms. The van der Waals surface area contributed by atoms with E-state index in [1.165, 1.54) is 32.1 Å². The van der Waals surface area contributed by atoms with E-state index in [9.17, 15) is 0 Å². The van der Waals surface area contributed by atoms with Crippen molar-refractivity contribution in [2.24, 2.45) is 11.8 Å². The second-order valence-electron chi connectivity index (χ2n) is 5.80. The first-order chi connectivity index (χ1) is 8.79. The molecule has 3 nitrogen and oxygen atoms in total. The molecule has 0 aliphatic heterocycles. The van der Waals surface area contributed by atoms with Crippen LogP contribution in [-0.4, -0.2) is 16.1 Å². The predicted octanol–water partition coefficient (Wildman–Crippen LogP) is 3.92. The van der Waals surface area contributed by atoms with Gasteiger partial charge in [0.2, 0.25) is 5.95 Å². The highest BCUT2D eigenvalue weighted by Crippen LogP contribution is 2.31. The number of hydrogen-bond donors (Lipinski definition) is 1. The molecule has 1 saturated carbocycles. The van der Waals surface area contributed by atoms with Gasteiger partial charge < -0.3 is 9.88 Å². The number of imidazole rings is 1. The standard InChI is InChI=1S/C15H27N3/c1-3-8-16-15-17-9-11-18(15)10-7-14-6-4-5-13(2)12-14/h9,11,13-14H,3-8,10,12H2,1-2H3,(H,16,17). The predicted molar refractivity (Wildman–Crippen MR) is 76.7 cm³/mol. The van der Waals surface area contributed by atoms with E-state index in [0.717, 1.165) is 37.3 Å². The normalized spacial score (nSPS) is 24.1. The highest BCUT2D eigenvalue weighted by molar-refractivity contribution is 5.25. The van der Waals surface area contributed by atoms with Gasteiger partial charge >= 0.3 is 0 Å². The molecule has 1 aliphatic rings. The molecule has 1 N–H and O–H groups in total. The fourth-order valence-corrected chi connectivity index (χ4v) is 3.04. The van der Waals surface area contributed by atoms with Crippen LogP contribution >= 0.6 is 0 Å². The van der Waals surface area contributed by atoms with E-state index in [2.05, 4.69) is 34.9 Å². The molecule has 18 heavy (non-hydrogen) atoms. The summed E-state index contributed by atoms with van der Waals surface area (Å²) in [6.07, 6.45) is 12.2. The molecule has 0 amide bonds. The van der Waals surface area contributed by atoms with E-state index < -0.39 is 0 Å². The van der Waals surface area contributed by atoms with Gasteiger partial charge in [0, 0.05) is 25.5 Å². The zero-order valence-corrected chi connectivity index (χ0v) is 11.9. The maximum absolute atomic E-state index is 4.38. The van der Waals surface area contributed by atoms with Crippen LogP contribution in [0.25, 0.3) is 0 Å². The summed E-state index contributed by atoms with van der Waals surface area (Å²) in [4.78, 5) is 4.38. The average molecular weight is 249 g/mol. The van der Waals surface area contributed by atoms with Gasteiger partial charge in [0.1, 0.15) is 0 Å². The Bertz CT molecular complexity index is 345. The molecule has 0 aromatic carbocycles. The Morgan fingerprint density at radius 1 is 1.44 bits per heavy atom. The molecule has 1 aromatic rings. The lowest BCUT2D eigenvalue weighted by Gasteiger charge is -2.26. The summed E-state index contributed by atoms with van der Waals surface area (Å²) < 4.78 is 2.27. The number of aryl methyl sites for hydroxylation is 1. The Labute approximate surface area is 111 Å². The molecule has 2 atom stereocenters. The Morgan fingerprint density at radius 3 is 3.11 bits per heavy atom. The van der Waals surface area contributed by atoms with E-state index in [-0.39, 0.29) is 0 Å². The van der Waals surface area contributed by atoms with Gasteiger partial charge in [0.15, 0.2) is 0 Å². The second kappa shape index (κ2) is 6.81. The van der Waals surface area contributed by atoms with E-state index in [1.807, 2.05) is 6.20 Å². The first-order valence-electron chi connectivity index (χ1n) is 7.54. The van der Waals surface area contributed by atoms with Crippen molar-refractivity contribution in [3.8, 4) is 0 Å². The third-order valence-corrected chi connectivity index (χ3v) is 4.07. The molecule has 0 radical (unpaired) electrons. The van der Waals surface area contributed by atoms with Gasteiger partial charge in [0.05, 0.1) is 0 Å². The van der Waals surface area contributed by atoms with Gasteiger partial charge in [-0.3, -0.25) is 0 Å². The van der Waals surface area contributed by atoms with Gasteiger partial charge in [-0.2, -0.15) is 0 Å². The summed E-state index contributed by atoms with van der Waals surface area (Å²) >= 11 is 0. The zero-order valence-electron chi connectivity index (χ0n) is 11.9. The SMILES string of the molecule is CCCNc1nccn1CCC1CCCC(C)C1. The van der Waals surface area contributed by atoms with E-state index in [1.54, 1.807) is 0 Å². The minimum absolute atomic E-state index is 0.926. The van der Waals surface area contributed by atoms with Crippen molar-refractivity contribution in [3.05, 3.63) is 12.4 Å². The Kier molecular flexibility index (Phi) is 5.09. The quantitative estimate of drug-likeness (QED) is 0.828. The lowest BCUT2D eigenvalue weighted by atomic mass is 9.81. The fraction of sp³-hybridized carbons (Fsp3) is 0.800. The molecule has 0 saturated heterocycles. The summed E-state index contributed by atoms with van der Waals surface area (Å²) in [6.45, 7) is 6.71. The molecular weight excluding hydrogens is 222 g/mol. The van der Waals surface area contributed by atoms with Crippen molar-refractivity contribution < 1.29 is 0 Å². The molecule has 1 heterocycles. The number of nitrogens with one attached hydrogen (secondary N) is 1. The Balaban J connectivity index is 1.80. The number of rotatable bonds is 6. The fourth-order valence-electron chi connectivity index (χ4n) is 3.04. The van der Waals surface area contributed by atoms with Crippen molar-refractivity contribution in [3.63, 3.8) is 0 Å². The minimum atomic E-state index is 0.926. The average Bonchev–Trinajstić information content (AvgIpc) is 2.81. The monoisotopic (exact) mass is 249 g/mol. The number of hydrogen-bond acceptors (Lipinski definition) is 2. The smallest absolute Gasteiger partial charge is 0.202 e. The van der Waals surface area contributed by atoms with Crippen molar-refractivity contribution in [2.45, 2.75) is 58.9 Å². The van der Waals surface area contributed by atoms with Crippen LogP contribution in [0, 0.1) is 11.8 Å². The van der Waals surface area contributed by atoms with Gasteiger partial charge in [0.25, 0.3) is 0 Å². The van der Waals surface area contributed by atoms with Gasteiger partial charge in [-0.05, 0) is 31.1 Å². The molecule has 0 bridgehead atoms. The number of nitrogens with zero attached hydrogens (tertiary/aromatic N) is 2. The number of anilines is 1. The zero-order chi connectivity index (χ0) is 12.8. The van der Waals surface area contributed by atoms with Crippen LogP contribution in [-0.2, 0) is 6.54 Å². The molecule has 102 valence electrons. The largest absolute Gasteiger partial charge is 0.356 e. The molecule has 1 fully saturated rings. The van der Waals surface area contributed by atoms with Crippen LogP contribution in [0.2, 0.25) is 0 Å². The molecule has 2 unspecified atom stereocenters. The Hall–Kier alpha value is -0.990. The van der Waals surface area contributed by atoms with Crippen LogP contribution in [0.3, 0.4) is 0 Å². The third kappa shape index (κ3) is 3.76. The topological polar surface area (TPSA) is 29.9 Å². The summed E-state index contributed by atoms with van der Waals surface area (Å²) in [5.74, 6) is 2.90. The van der Waals surface area contributed by atoms with Crippen LogP contribution in [0.1, 0.15) is 52.4 Å². The van der Waals surface area contributed by atoms with E-state index in [0.29, 0.717) is 0 Å². The van der Waals surface area contributed by atoms with Gasteiger partial charge in [-0.15, -0.1) is 0 Å². The second-order valence-corrected chi connectivity index (χ2v) is 5.80. The molecule has 1 aromatic heterocycles. The summed E-state index contributed by atoms with van der Waals surface area (Å²) in [5.41, 5.74) is 0.